The molecule has 138 valence electrons. The molecule has 0 aliphatic heterocycles. The van der Waals surface area contributed by atoms with Crippen molar-refractivity contribution in [1.29, 1.82) is 0 Å². The maximum absolute atomic E-state index is 12.0. The van der Waals surface area contributed by atoms with Gasteiger partial charge in [-0.3, -0.25) is 4.79 Å². The zero-order valence-electron chi connectivity index (χ0n) is 15.7. The molecule has 5 heteroatoms. The van der Waals surface area contributed by atoms with Crippen molar-refractivity contribution >= 4 is 23.7 Å². The van der Waals surface area contributed by atoms with E-state index >= 15 is 0 Å². The molecule has 0 unspecified atom stereocenters. The van der Waals surface area contributed by atoms with Crippen LogP contribution < -0.4 is 5.43 Å². The van der Waals surface area contributed by atoms with E-state index in [0.717, 1.165) is 28.2 Å². The van der Waals surface area contributed by atoms with Gasteiger partial charge in [-0.25, -0.2) is 5.43 Å². The quantitative estimate of drug-likeness (QED) is 0.504. The lowest BCUT2D eigenvalue weighted by atomic mass is 10.1. The molecule has 1 amide bonds. The molecule has 0 spiro atoms. The topological polar surface area (TPSA) is 46.4 Å². The molecule has 27 heavy (non-hydrogen) atoms. The van der Waals surface area contributed by atoms with Gasteiger partial charge < -0.3 is 4.57 Å². The van der Waals surface area contributed by atoms with Crippen molar-refractivity contribution in [2.75, 3.05) is 0 Å². The molecule has 0 bridgehead atoms. The number of aryl methyl sites for hydroxylation is 2. The maximum Gasteiger partial charge on any atom is 0.244 e. The van der Waals surface area contributed by atoms with Crippen LogP contribution >= 0.6 is 11.6 Å². The van der Waals surface area contributed by atoms with Gasteiger partial charge in [0, 0.05) is 27.7 Å². The van der Waals surface area contributed by atoms with Gasteiger partial charge in [-0.2, -0.15) is 5.10 Å². The zero-order chi connectivity index (χ0) is 19.4. The maximum atomic E-state index is 12.0. The highest BCUT2D eigenvalue weighted by molar-refractivity contribution is 6.30. The fraction of sp³-hybridized carbons (Fsp3) is 0.182. The van der Waals surface area contributed by atoms with Crippen molar-refractivity contribution in [3.8, 4) is 5.69 Å². The average molecular weight is 380 g/mol. The standard InChI is InChI=1S/C22H22ClN3O/c1-15-5-4-6-21(11-15)26-16(2)12-19(17(26)3)14-24-25-22(27)13-18-7-9-20(23)10-8-18/h4-12,14H,13H2,1-3H3,(H,25,27)/b24-14-. The first-order valence-corrected chi connectivity index (χ1v) is 9.14. The van der Waals surface area contributed by atoms with E-state index in [0.29, 0.717) is 5.02 Å². The van der Waals surface area contributed by atoms with Crippen LogP contribution in [0.5, 0.6) is 0 Å². The van der Waals surface area contributed by atoms with Crippen molar-refractivity contribution in [1.82, 2.24) is 9.99 Å². The number of rotatable bonds is 5. The third-order valence-electron chi connectivity index (χ3n) is 4.40. The summed E-state index contributed by atoms with van der Waals surface area (Å²) >= 11 is 5.86. The minimum absolute atomic E-state index is 0.166. The molecule has 1 aromatic heterocycles. The van der Waals surface area contributed by atoms with E-state index in [4.69, 9.17) is 11.6 Å². The van der Waals surface area contributed by atoms with Gasteiger partial charge in [0.25, 0.3) is 0 Å². The highest BCUT2D eigenvalue weighted by Gasteiger charge is 2.09. The Morgan fingerprint density at radius 2 is 1.85 bits per heavy atom. The number of nitrogens with one attached hydrogen (secondary N) is 1. The van der Waals surface area contributed by atoms with E-state index in [-0.39, 0.29) is 12.3 Å². The predicted octanol–water partition coefficient (Wildman–Crippen LogP) is 4.75. The third kappa shape index (κ3) is 4.66. The number of amides is 1. The first-order chi connectivity index (χ1) is 12.9. The number of halogens is 1. The van der Waals surface area contributed by atoms with E-state index in [1.807, 2.05) is 25.1 Å². The van der Waals surface area contributed by atoms with Crippen LogP contribution in [0.2, 0.25) is 5.02 Å². The normalized spacial score (nSPS) is 11.1. The van der Waals surface area contributed by atoms with Crippen LogP contribution in [-0.2, 0) is 11.2 Å². The van der Waals surface area contributed by atoms with E-state index in [2.05, 4.69) is 53.2 Å². The predicted molar refractivity (Wildman–Crippen MR) is 111 cm³/mol. The van der Waals surface area contributed by atoms with E-state index in [9.17, 15) is 4.79 Å². The smallest absolute Gasteiger partial charge is 0.244 e. The van der Waals surface area contributed by atoms with Crippen LogP contribution in [0.3, 0.4) is 0 Å². The molecule has 4 nitrogen and oxygen atoms in total. The second kappa shape index (κ2) is 8.23. The van der Waals surface area contributed by atoms with Crippen molar-refractivity contribution in [2.24, 2.45) is 5.10 Å². The summed E-state index contributed by atoms with van der Waals surface area (Å²) in [5.74, 6) is -0.166. The molecule has 0 fully saturated rings. The second-order valence-electron chi connectivity index (χ2n) is 6.60. The van der Waals surface area contributed by atoms with Crippen LogP contribution in [0.15, 0.2) is 59.7 Å². The summed E-state index contributed by atoms with van der Waals surface area (Å²) in [4.78, 5) is 12.0. The Morgan fingerprint density at radius 1 is 1.11 bits per heavy atom. The van der Waals surface area contributed by atoms with Crippen LogP contribution in [0.1, 0.15) is 28.1 Å². The lowest BCUT2D eigenvalue weighted by molar-refractivity contribution is -0.120. The van der Waals surface area contributed by atoms with Crippen LogP contribution in [0.25, 0.3) is 5.69 Å². The molecular formula is C22H22ClN3O. The fourth-order valence-corrected chi connectivity index (χ4v) is 3.21. The summed E-state index contributed by atoms with van der Waals surface area (Å²) in [6, 6.07) is 17.6. The molecular weight excluding hydrogens is 358 g/mol. The van der Waals surface area contributed by atoms with Gasteiger partial charge in [-0.05, 0) is 62.2 Å². The van der Waals surface area contributed by atoms with Gasteiger partial charge in [0.2, 0.25) is 5.91 Å². The van der Waals surface area contributed by atoms with E-state index in [1.165, 1.54) is 5.56 Å². The van der Waals surface area contributed by atoms with Gasteiger partial charge in [0.15, 0.2) is 0 Å². The van der Waals surface area contributed by atoms with Gasteiger partial charge in [0.1, 0.15) is 0 Å². The Labute approximate surface area is 164 Å². The minimum atomic E-state index is -0.166. The number of carbonyl (C=O) groups is 1. The van der Waals surface area contributed by atoms with E-state index < -0.39 is 0 Å². The lowest BCUT2D eigenvalue weighted by Crippen LogP contribution is -2.19. The summed E-state index contributed by atoms with van der Waals surface area (Å²) in [6.07, 6.45) is 1.95. The molecule has 0 atom stereocenters. The molecule has 0 saturated heterocycles. The van der Waals surface area contributed by atoms with Gasteiger partial charge >= 0.3 is 0 Å². The first-order valence-electron chi connectivity index (χ1n) is 8.76. The largest absolute Gasteiger partial charge is 0.318 e. The van der Waals surface area contributed by atoms with Crippen molar-refractivity contribution in [2.45, 2.75) is 27.2 Å². The van der Waals surface area contributed by atoms with Crippen molar-refractivity contribution in [3.63, 3.8) is 0 Å². The van der Waals surface area contributed by atoms with E-state index in [1.54, 1.807) is 18.3 Å². The van der Waals surface area contributed by atoms with Crippen molar-refractivity contribution < 1.29 is 4.79 Å². The Hall–Kier alpha value is -2.85. The third-order valence-corrected chi connectivity index (χ3v) is 4.65. The van der Waals surface area contributed by atoms with Crippen LogP contribution in [0.4, 0.5) is 0 Å². The van der Waals surface area contributed by atoms with Gasteiger partial charge in [-0.1, -0.05) is 35.9 Å². The molecule has 0 radical (unpaired) electrons. The number of hydrogen-bond acceptors (Lipinski definition) is 2. The number of hydrogen-bond donors (Lipinski definition) is 1. The van der Waals surface area contributed by atoms with Crippen LogP contribution in [-0.4, -0.2) is 16.7 Å². The summed E-state index contributed by atoms with van der Waals surface area (Å²) in [6.45, 7) is 6.19. The Balaban J connectivity index is 1.69. The Morgan fingerprint density at radius 3 is 2.56 bits per heavy atom. The van der Waals surface area contributed by atoms with Crippen LogP contribution in [0, 0.1) is 20.8 Å². The number of benzene rings is 2. The Bertz CT molecular complexity index is 987. The number of nitrogens with zero attached hydrogens (tertiary/aromatic N) is 2. The highest BCUT2D eigenvalue weighted by Crippen LogP contribution is 2.20. The summed E-state index contributed by atoms with van der Waals surface area (Å²) in [5, 5.41) is 4.77. The number of hydrazone groups is 1. The van der Waals surface area contributed by atoms with Crippen molar-refractivity contribution in [3.05, 3.63) is 87.7 Å². The minimum Gasteiger partial charge on any atom is -0.318 e. The SMILES string of the molecule is Cc1cccc(-n2c(C)cc(/C=N\NC(=O)Cc3ccc(Cl)cc3)c2C)c1. The monoisotopic (exact) mass is 379 g/mol. The molecule has 0 aliphatic carbocycles. The van der Waals surface area contributed by atoms with Gasteiger partial charge in [0.05, 0.1) is 12.6 Å². The average Bonchev–Trinajstić information content (AvgIpc) is 2.91. The Kier molecular flexibility index (Phi) is 5.77. The molecule has 3 aromatic rings. The molecule has 0 saturated carbocycles. The molecule has 0 aliphatic rings. The lowest BCUT2D eigenvalue weighted by Gasteiger charge is -2.10. The highest BCUT2D eigenvalue weighted by atomic mass is 35.5. The summed E-state index contributed by atoms with van der Waals surface area (Å²) in [7, 11) is 0. The first kappa shape index (κ1) is 18.9. The molecule has 1 N–H and O–H groups in total. The number of carbonyl (C=O) groups excluding carboxylic acids is 1. The molecule has 1 heterocycles. The summed E-state index contributed by atoms with van der Waals surface area (Å²) in [5.41, 5.74) is 8.98. The molecule has 3 rings (SSSR count). The fourth-order valence-electron chi connectivity index (χ4n) is 3.08. The number of aromatic nitrogens is 1. The zero-order valence-corrected chi connectivity index (χ0v) is 16.4. The summed E-state index contributed by atoms with van der Waals surface area (Å²) < 4.78 is 2.18. The molecule has 2 aromatic carbocycles. The van der Waals surface area contributed by atoms with Gasteiger partial charge in [-0.15, -0.1) is 0 Å². The second-order valence-corrected chi connectivity index (χ2v) is 7.03.